The number of alkyl carbamates (subject to hydrolysis) is 1. The molecule has 1 amide bonds. The summed E-state index contributed by atoms with van der Waals surface area (Å²) >= 11 is 0. The number of nitrogens with zero attached hydrogens (tertiary/aromatic N) is 1. The molecule has 7 nitrogen and oxygen atoms in total. The van der Waals surface area contributed by atoms with Gasteiger partial charge in [-0.2, -0.15) is 0 Å². The SMILES string of the molecule is COc1ccc([N+](=O)[O-])cc1C(C)NC(=O)OCc1ccccc1. The Morgan fingerprint density at radius 3 is 2.58 bits per heavy atom. The van der Waals surface area contributed by atoms with Crippen LogP contribution in [0.25, 0.3) is 0 Å². The highest BCUT2D eigenvalue weighted by atomic mass is 16.6. The van der Waals surface area contributed by atoms with Crippen LogP contribution in [0.5, 0.6) is 5.75 Å². The molecule has 1 N–H and O–H groups in total. The third-order valence-electron chi connectivity index (χ3n) is 3.44. The van der Waals surface area contributed by atoms with Crippen LogP contribution in [0.2, 0.25) is 0 Å². The van der Waals surface area contributed by atoms with Gasteiger partial charge in [0.15, 0.2) is 0 Å². The second-order valence-corrected chi connectivity index (χ2v) is 5.11. The molecule has 0 heterocycles. The molecular formula is C17H18N2O5. The van der Waals surface area contributed by atoms with E-state index in [-0.39, 0.29) is 12.3 Å². The number of rotatable bonds is 6. The van der Waals surface area contributed by atoms with Crippen LogP contribution in [0.4, 0.5) is 10.5 Å². The number of ether oxygens (including phenoxy) is 2. The molecule has 0 saturated heterocycles. The maximum Gasteiger partial charge on any atom is 0.407 e. The molecule has 0 saturated carbocycles. The predicted octanol–water partition coefficient (Wildman–Crippen LogP) is 3.59. The zero-order valence-electron chi connectivity index (χ0n) is 13.4. The third-order valence-corrected chi connectivity index (χ3v) is 3.44. The van der Waals surface area contributed by atoms with Crippen molar-refractivity contribution in [3.63, 3.8) is 0 Å². The van der Waals surface area contributed by atoms with Crippen molar-refractivity contribution in [1.82, 2.24) is 5.32 Å². The molecule has 126 valence electrons. The standard InChI is InChI=1S/C17H18N2O5/c1-12(15-10-14(19(21)22)8-9-16(15)23-2)18-17(20)24-11-13-6-4-3-5-7-13/h3-10,12H,11H2,1-2H3,(H,18,20). The zero-order chi connectivity index (χ0) is 17.5. The number of hydrogen-bond donors (Lipinski definition) is 1. The Labute approximate surface area is 139 Å². The van der Waals surface area contributed by atoms with Crippen molar-refractivity contribution in [2.45, 2.75) is 19.6 Å². The van der Waals surface area contributed by atoms with Crippen molar-refractivity contribution >= 4 is 11.8 Å². The highest BCUT2D eigenvalue weighted by molar-refractivity contribution is 5.68. The molecule has 0 aliphatic rings. The molecule has 0 radical (unpaired) electrons. The van der Waals surface area contributed by atoms with Crippen LogP contribution >= 0.6 is 0 Å². The fourth-order valence-corrected chi connectivity index (χ4v) is 2.19. The smallest absolute Gasteiger partial charge is 0.407 e. The van der Waals surface area contributed by atoms with E-state index >= 15 is 0 Å². The van der Waals surface area contributed by atoms with Crippen molar-refractivity contribution in [3.05, 3.63) is 69.8 Å². The number of nitro groups is 1. The van der Waals surface area contributed by atoms with Gasteiger partial charge in [0.1, 0.15) is 12.4 Å². The van der Waals surface area contributed by atoms with Crippen LogP contribution in [-0.2, 0) is 11.3 Å². The Hall–Kier alpha value is -3.09. The third kappa shape index (κ3) is 4.45. The van der Waals surface area contributed by atoms with Crippen LogP contribution in [0.15, 0.2) is 48.5 Å². The largest absolute Gasteiger partial charge is 0.496 e. The number of hydrogen-bond acceptors (Lipinski definition) is 5. The summed E-state index contributed by atoms with van der Waals surface area (Å²) in [6.07, 6.45) is -0.611. The van der Waals surface area contributed by atoms with Crippen molar-refractivity contribution < 1.29 is 19.2 Å². The van der Waals surface area contributed by atoms with Crippen LogP contribution in [0.1, 0.15) is 24.1 Å². The van der Waals surface area contributed by atoms with E-state index in [4.69, 9.17) is 9.47 Å². The summed E-state index contributed by atoms with van der Waals surface area (Å²) in [6, 6.07) is 13.0. The van der Waals surface area contributed by atoms with Crippen LogP contribution in [0.3, 0.4) is 0 Å². The van der Waals surface area contributed by atoms with Crippen molar-refractivity contribution in [3.8, 4) is 5.75 Å². The van der Waals surface area contributed by atoms with Gasteiger partial charge in [0.05, 0.1) is 18.1 Å². The molecule has 24 heavy (non-hydrogen) atoms. The summed E-state index contributed by atoms with van der Waals surface area (Å²) in [7, 11) is 1.46. The van der Waals surface area contributed by atoms with Crippen molar-refractivity contribution in [2.24, 2.45) is 0 Å². The molecule has 0 aliphatic carbocycles. The minimum atomic E-state index is -0.611. The minimum Gasteiger partial charge on any atom is -0.496 e. The maximum atomic E-state index is 11.9. The molecule has 2 rings (SSSR count). The van der Waals surface area contributed by atoms with Crippen LogP contribution in [-0.4, -0.2) is 18.1 Å². The number of benzene rings is 2. The summed E-state index contributed by atoms with van der Waals surface area (Å²) in [5.74, 6) is 0.455. The van der Waals surface area contributed by atoms with E-state index in [1.165, 1.54) is 25.3 Å². The van der Waals surface area contributed by atoms with Gasteiger partial charge in [0.25, 0.3) is 5.69 Å². The number of nitrogens with one attached hydrogen (secondary N) is 1. The highest BCUT2D eigenvalue weighted by Crippen LogP contribution is 2.29. The number of non-ortho nitro benzene ring substituents is 1. The second kappa shape index (κ2) is 7.96. The van der Waals surface area contributed by atoms with E-state index in [0.717, 1.165) is 5.56 Å². The van der Waals surface area contributed by atoms with Gasteiger partial charge in [-0.3, -0.25) is 10.1 Å². The number of methoxy groups -OCH3 is 1. The van der Waals surface area contributed by atoms with Crippen LogP contribution < -0.4 is 10.1 Å². The molecule has 0 aliphatic heterocycles. The first-order valence-electron chi connectivity index (χ1n) is 7.31. The average molecular weight is 330 g/mol. The van der Waals surface area contributed by atoms with Crippen molar-refractivity contribution in [2.75, 3.05) is 7.11 Å². The number of carbonyl (C=O) groups excluding carboxylic acids is 1. The summed E-state index contributed by atoms with van der Waals surface area (Å²) in [6.45, 7) is 1.84. The molecule has 0 bridgehead atoms. The molecule has 0 fully saturated rings. The minimum absolute atomic E-state index is 0.0721. The number of carbonyl (C=O) groups is 1. The second-order valence-electron chi connectivity index (χ2n) is 5.11. The summed E-state index contributed by atoms with van der Waals surface area (Å²) < 4.78 is 10.3. The molecular weight excluding hydrogens is 312 g/mol. The first-order chi connectivity index (χ1) is 11.5. The predicted molar refractivity (Wildman–Crippen MR) is 87.8 cm³/mol. The van der Waals surface area contributed by atoms with Gasteiger partial charge in [-0.05, 0) is 18.6 Å². The van der Waals surface area contributed by atoms with E-state index in [1.807, 2.05) is 30.3 Å². The molecule has 7 heteroatoms. The summed E-state index contributed by atoms with van der Waals surface area (Å²) in [4.78, 5) is 22.3. The summed E-state index contributed by atoms with van der Waals surface area (Å²) in [5.41, 5.74) is 1.30. The van der Waals surface area contributed by atoms with Crippen molar-refractivity contribution in [1.29, 1.82) is 0 Å². The zero-order valence-corrected chi connectivity index (χ0v) is 13.4. The first-order valence-corrected chi connectivity index (χ1v) is 7.31. The van der Waals surface area contributed by atoms with E-state index in [0.29, 0.717) is 11.3 Å². The Balaban J connectivity index is 2.03. The fourth-order valence-electron chi connectivity index (χ4n) is 2.19. The van der Waals surface area contributed by atoms with E-state index in [9.17, 15) is 14.9 Å². The van der Waals surface area contributed by atoms with Gasteiger partial charge in [0, 0.05) is 17.7 Å². The lowest BCUT2D eigenvalue weighted by molar-refractivity contribution is -0.385. The molecule has 2 aromatic carbocycles. The Morgan fingerprint density at radius 2 is 1.96 bits per heavy atom. The maximum absolute atomic E-state index is 11.9. The number of amides is 1. The lowest BCUT2D eigenvalue weighted by Gasteiger charge is -2.17. The van der Waals surface area contributed by atoms with Gasteiger partial charge >= 0.3 is 6.09 Å². The quantitative estimate of drug-likeness (QED) is 0.645. The Morgan fingerprint density at radius 1 is 1.25 bits per heavy atom. The molecule has 0 spiro atoms. The van der Waals surface area contributed by atoms with Crippen LogP contribution in [0, 0.1) is 10.1 Å². The molecule has 0 aromatic heterocycles. The highest BCUT2D eigenvalue weighted by Gasteiger charge is 2.18. The number of nitro benzene ring substituents is 1. The Bertz CT molecular complexity index is 718. The van der Waals surface area contributed by atoms with E-state index in [2.05, 4.69) is 5.32 Å². The van der Waals surface area contributed by atoms with Gasteiger partial charge in [-0.25, -0.2) is 4.79 Å². The van der Waals surface area contributed by atoms with Gasteiger partial charge in [-0.1, -0.05) is 30.3 Å². The van der Waals surface area contributed by atoms with E-state index < -0.39 is 17.1 Å². The first kappa shape index (κ1) is 17.3. The molecule has 1 atom stereocenters. The molecule has 2 aromatic rings. The summed E-state index contributed by atoms with van der Waals surface area (Å²) in [5, 5.41) is 13.6. The topological polar surface area (TPSA) is 90.7 Å². The monoisotopic (exact) mass is 330 g/mol. The average Bonchev–Trinajstić information content (AvgIpc) is 2.60. The van der Waals surface area contributed by atoms with Gasteiger partial charge in [-0.15, -0.1) is 0 Å². The van der Waals surface area contributed by atoms with Gasteiger partial charge in [0.2, 0.25) is 0 Å². The molecule has 1 unspecified atom stereocenters. The normalized spacial score (nSPS) is 11.4. The Kier molecular flexibility index (Phi) is 5.73. The lowest BCUT2D eigenvalue weighted by atomic mass is 10.1. The van der Waals surface area contributed by atoms with Gasteiger partial charge < -0.3 is 14.8 Å². The lowest BCUT2D eigenvalue weighted by Crippen LogP contribution is -2.27. The fraction of sp³-hybridized carbons (Fsp3) is 0.235. The van der Waals surface area contributed by atoms with E-state index in [1.54, 1.807) is 6.92 Å².